The van der Waals surface area contributed by atoms with Gasteiger partial charge in [-0.2, -0.15) is 17.2 Å². The molecule has 2 N–H and O–H groups in total. The topological polar surface area (TPSA) is 101 Å². The lowest BCUT2D eigenvalue weighted by molar-refractivity contribution is -0.196. The molecule has 0 spiro atoms. The Bertz CT molecular complexity index is 650. The molecule has 6 nitrogen and oxygen atoms in total. The predicted molar refractivity (Wildman–Crippen MR) is 79.0 cm³/mol. The molecule has 0 aromatic heterocycles. The first-order chi connectivity index (χ1) is 11.4. The smallest absolute Gasteiger partial charge is 0.400 e. The molecule has 0 amide bonds. The molecule has 4 aliphatic carbocycles. The summed E-state index contributed by atoms with van der Waals surface area (Å²) < 4.78 is 74.0. The molecule has 4 fully saturated rings. The van der Waals surface area contributed by atoms with Crippen LogP contribution in [0.25, 0.3) is 0 Å². The van der Waals surface area contributed by atoms with Crippen LogP contribution in [-0.2, 0) is 19.6 Å². The zero-order valence-electron chi connectivity index (χ0n) is 13.5. The number of hydrogen-bond donors (Lipinski definition) is 2. The number of carbonyl (C=O) groups excluding carboxylic acids is 1. The van der Waals surface area contributed by atoms with Crippen LogP contribution < -0.4 is 0 Å². The lowest BCUT2D eigenvalue weighted by atomic mass is 9.48. The highest BCUT2D eigenvalue weighted by molar-refractivity contribution is 7.86. The molecule has 10 heteroatoms. The predicted octanol–water partition coefficient (Wildman–Crippen LogP) is 2.07. The Hall–Kier alpha value is -0.870. The number of hydrogen-bond acceptors (Lipinski definition) is 5. The van der Waals surface area contributed by atoms with Crippen molar-refractivity contribution in [2.45, 2.75) is 62.0 Å². The Morgan fingerprint density at radius 2 is 1.80 bits per heavy atom. The highest BCUT2D eigenvalue weighted by atomic mass is 32.2. The average Bonchev–Trinajstić information content (AvgIpc) is 2.42. The molecule has 144 valence electrons. The first-order valence-corrected chi connectivity index (χ1v) is 9.69. The van der Waals surface area contributed by atoms with Gasteiger partial charge in [-0.15, -0.1) is 0 Å². The molecule has 0 aromatic rings. The van der Waals surface area contributed by atoms with E-state index in [0.717, 1.165) is 6.42 Å². The summed E-state index contributed by atoms with van der Waals surface area (Å²) in [5.41, 5.74) is -1.76. The van der Waals surface area contributed by atoms with Gasteiger partial charge in [0.25, 0.3) is 0 Å². The molecule has 4 aliphatic rings. The second-order valence-corrected chi connectivity index (χ2v) is 9.39. The van der Waals surface area contributed by atoms with Gasteiger partial charge in [-0.3, -0.25) is 9.35 Å². The van der Waals surface area contributed by atoms with Crippen molar-refractivity contribution in [3.63, 3.8) is 0 Å². The van der Waals surface area contributed by atoms with Crippen LogP contribution in [0, 0.1) is 17.3 Å². The number of alkyl halides is 3. The number of esters is 1. The Kier molecular flexibility index (Phi) is 4.40. The van der Waals surface area contributed by atoms with Crippen molar-refractivity contribution in [3.8, 4) is 0 Å². The van der Waals surface area contributed by atoms with E-state index in [-0.39, 0.29) is 18.3 Å². The number of halogens is 3. The second-order valence-electron chi connectivity index (χ2n) is 7.89. The van der Waals surface area contributed by atoms with E-state index in [2.05, 4.69) is 0 Å². The summed E-state index contributed by atoms with van der Waals surface area (Å²) in [6.45, 7) is -0.722. The molecular weight excluding hydrogens is 365 g/mol. The van der Waals surface area contributed by atoms with E-state index in [1.54, 1.807) is 0 Å². The van der Waals surface area contributed by atoms with Crippen molar-refractivity contribution in [1.29, 1.82) is 0 Å². The number of rotatable bonds is 6. The number of ether oxygens (including phenoxy) is 1. The zero-order valence-corrected chi connectivity index (χ0v) is 14.3. The summed E-state index contributed by atoms with van der Waals surface area (Å²) in [6, 6.07) is 0. The maximum atomic E-state index is 13.4. The molecule has 0 aromatic carbocycles. The summed E-state index contributed by atoms with van der Waals surface area (Å²) in [6.07, 6.45) is -0.620. The number of aliphatic hydroxyl groups is 1. The van der Waals surface area contributed by atoms with Gasteiger partial charge in [0.1, 0.15) is 0 Å². The van der Waals surface area contributed by atoms with E-state index in [0.29, 0.717) is 25.7 Å². The third kappa shape index (κ3) is 3.28. The summed E-state index contributed by atoms with van der Waals surface area (Å²) >= 11 is 0. The van der Waals surface area contributed by atoms with E-state index in [1.807, 2.05) is 0 Å². The van der Waals surface area contributed by atoms with E-state index >= 15 is 0 Å². The highest BCUT2D eigenvalue weighted by Crippen LogP contribution is 2.62. The molecule has 3 unspecified atom stereocenters. The van der Waals surface area contributed by atoms with Crippen molar-refractivity contribution in [2.24, 2.45) is 17.3 Å². The summed E-state index contributed by atoms with van der Waals surface area (Å²) in [5.74, 6) is -0.212. The SMILES string of the molecule is O=C(OCCC(F)C(F)(F)S(=O)(=O)O)C12CC3CC(CC(O)(C3)C1)C2. The van der Waals surface area contributed by atoms with Gasteiger partial charge in [-0.05, 0) is 50.4 Å². The van der Waals surface area contributed by atoms with E-state index in [4.69, 9.17) is 9.29 Å². The van der Waals surface area contributed by atoms with Crippen LogP contribution in [0.5, 0.6) is 0 Å². The van der Waals surface area contributed by atoms with Gasteiger partial charge in [0.05, 0.1) is 17.6 Å². The van der Waals surface area contributed by atoms with E-state index in [1.165, 1.54) is 0 Å². The fraction of sp³-hybridized carbons (Fsp3) is 0.933. The largest absolute Gasteiger partial charge is 0.465 e. The number of carbonyl (C=O) groups is 1. The van der Waals surface area contributed by atoms with Gasteiger partial charge in [-0.25, -0.2) is 4.39 Å². The summed E-state index contributed by atoms with van der Waals surface area (Å²) in [5, 5.41) is 5.62. The van der Waals surface area contributed by atoms with Gasteiger partial charge < -0.3 is 9.84 Å². The van der Waals surface area contributed by atoms with Crippen LogP contribution in [0.4, 0.5) is 13.2 Å². The van der Waals surface area contributed by atoms with Gasteiger partial charge in [-0.1, -0.05) is 0 Å². The normalized spacial score (nSPS) is 38.6. The molecule has 4 saturated carbocycles. The lowest BCUT2D eigenvalue weighted by Gasteiger charge is -2.58. The first-order valence-electron chi connectivity index (χ1n) is 8.25. The third-order valence-corrected chi connectivity index (χ3v) is 6.72. The molecule has 0 aliphatic heterocycles. The van der Waals surface area contributed by atoms with Crippen LogP contribution in [-0.4, -0.2) is 47.7 Å². The standard InChI is InChI=1S/C15H21F3O6S/c16-11(15(17,18)25(21,22)23)1-2-24-12(19)13-4-9-3-10(5-13)7-14(20,6-9)8-13/h9-11,20H,1-8H2,(H,21,22,23). The molecule has 4 bridgehead atoms. The Morgan fingerprint density at radius 3 is 2.28 bits per heavy atom. The summed E-state index contributed by atoms with van der Waals surface area (Å²) in [7, 11) is -5.88. The van der Waals surface area contributed by atoms with Crippen LogP contribution in [0.2, 0.25) is 0 Å². The maximum absolute atomic E-state index is 13.4. The quantitative estimate of drug-likeness (QED) is 0.535. The van der Waals surface area contributed by atoms with Gasteiger partial charge in [0, 0.05) is 6.42 Å². The van der Waals surface area contributed by atoms with Gasteiger partial charge in [0.15, 0.2) is 6.17 Å². The minimum Gasteiger partial charge on any atom is -0.465 e. The Labute approximate surface area is 143 Å². The van der Waals surface area contributed by atoms with Crippen molar-refractivity contribution in [2.75, 3.05) is 6.61 Å². The van der Waals surface area contributed by atoms with Crippen molar-refractivity contribution < 1.29 is 40.8 Å². The van der Waals surface area contributed by atoms with Crippen molar-refractivity contribution in [1.82, 2.24) is 0 Å². The van der Waals surface area contributed by atoms with Crippen LogP contribution in [0.3, 0.4) is 0 Å². The second kappa shape index (κ2) is 5.82. The molecule has 4 rings (SSSR count). The van der Waals surface area contributed by atoms with Gasteiger partial charge >= 0.3 is 21.3 Å². The lowest BCUT2D eigenvalue weighted by Crippen LogP contribution is -2.58. The summed E-state index contributed by atoms with van der Waals surface area (Å²) in [4.78, 5) is 12.5. The van der Waals surface area contributed by atoms with E-state index in [9.17, 15) is 31.5 Å². The fourth-order valence-corrected chi connectivity index (χ4v) is 5.63. The van der Waals surface area contributed by atoms with Gasteiger partial charge in [0.2, 0.25) is 0 Å². The van der Waals surface area contributed by atoms with Crippen LogP contribution >= 0.6 is 0 Å². The Morgan fingerprint density at radius 1 is 1.24 bits per heavy atom. The van der Waals surface area contributed by atoms with Crippen LogP contribution in [0.1, 0.15) is 44.9 Å². The third-order valence-electron chi connectivity index (χ3n) is 5.78. The molecule has 25 heavy (non-hydrogen) atoms. The van der Waals surface area contributed by atoms with E-state index < -0.39 is 51.6 Å². The highest BCUT2D eigenvalue weighted by Gasteiger charge is 2.61. The molecule has 0 saturated heterocycles. The monoisotopic (exact) mass is 386 g/mol. The maximum Gasteiger partial charge on any atom is 0.400 e. The molecule has 3 atom stereocenters. The van der Waals surface area contributed by atoms with Crippen LogP contribution in [0.15, 0.2) is 0 Å². The minimum atomic E-state index is -5.88. The average molecular weight is 386 g/mol. The first kappa shape index (κ1) is 18.9. The molecular formula is C15H21F3O6S. The van der Waals surface area contributed by atoms with Crippen molar-refractivity contribution >= 4 is 16.1 Å². The Balaban J connectivity index is 1.59. The minimum absolute atomic E-state index is 0.219. The molecule has 0 heterocycles. The fourth-order valence-electron chi connectivity index (χ4n) is 5.19. The molecule has 0 radical (unpaired) electrons. The zero-order chi connectivity index (χ0) is 18.7. The van der Waals surface area contributed by atoms with Crippen molar-refractivity contribution in [3.05, 3.63) is 0 Å².